The number of aromatic nitrogens is 4. The molecule has 2 heterocycles. The average molecular weight is 471 g/mol. The Kier molecular flexibility index (Phi) is 5.92. The van der Waals surface area contributed by atoms with Crippen molar-refractivity contribution in [2.75, 3.05) is 10.6 Å². The molecule has 178 valence electrons. The molecule has 0 radical (unpaired) electrons. The van der Waals surface area contributed by atoms with Crippen LogP contribution in [0.2, 0.25) is 0 Å². The van der Waals surface area contributed by atoms with Crippen molar-refractivity contribution in [1.29, 1.82) is 0 Å². The van der Waals surface area contributed by atoms with Gasteiger partial charge in [-0.25, -0.2) is 4.68 Å². The van der Waals surface area contributed by atoms with Gasteiger partial charge in [0.05, 0.1) is 12.3 Å². The second-order valence-electron chi connectivity index (χ2n) is 8.71. The summed E-state index contributed by atoms with van der Waals surface area (Å²) in [5.74, 6) is 0.888. The monoisotopic (exact) mass is 470 g/mol. The minimum absolute atomic E-state index is 0.259. The normalized spacial score (nSPS) is 13.0. The number of hydrogen-bond acceptors (Lipinski definition) is 6. The first-order valence-corrected chi connectivity index (χ1v) is 11.4. The van der Waals surface area contributed by atoms with E-state index < -0.39 is 0 Å². The Balaban J connectivity index is 1.45. The number of hydrogen-bond donors (Lipinski definition) is 3. The SMILES string of the molecule is Cn1ccc(Nc2cc(-c3cccc(NC(=O)c4ccc(C5CC5)cc4)c3CO)nn(C)c2=O)n1. The summed E-state index contributed by atoms with van der Waals surface area (Å²) in [6.45, 7) is -0.320. The molecule has 9 nitrogen and oxygen atoms in total. The number of nitrogens with zero attached hydrogens (tertiary/aromatic N) is 4. The summed E-state index contributed by atoms with van der Waals surface area (Å²) in [7, 11) is 3.35. The molecule has 1 aliphatic carbocycles. The molecule has 5 rings (SSSR count). The zero-order chi connectivity index (χ0) is 24.5. The quantitative estimate of drug-likeness (QED) is 0.381. The summed E-state index contributed by atoms with van der Waals surface area (Å²) in [6, 6.07) is 16.3. The number of aryl methyl sites for hydroxylation is 2. The lowest BCUT2D eigenvalue weighted by atomic mass is 10.0. The van der Waals surface area contributed by atoms with Crippen LogP contribution in [0.5, 0.6) is 0 Å². The summed E-state index contributed by atoms with van der Waals surface area (Å²) in [5, 5.41) is 24.8. The molecule has 3 N–H and O–H groups in total. The molecule has 0 aliphatic heterocycles. The third-order valence-corrected chi connectivity index (χ3v) is 6.12. The molecule has 1 aliphatic rings. The van der Waals surface area contributed by atoms with Crippen LogP contribution in [0.1, 0.15) is 40.2 Å². The molecule has 2 aromatic heterocycles. The van der Waals surface area contributed by atoms with Crippen LogP contribution in [0.25, 0.3) is 11.3 Å². The lowest BCUT2D eigenvalue weighted by molar-refractivity contribution is 0.102. The van der Waals surface area contributed by atoms with E-state index in [1.54, 1.807) is 55.3 Å². The number of carbonyl (C=O) groups excluding carboxylic acids is 1. The van der Waals surface area contributed by atoms with Gasteiger partial charge in [-0.1, -0.05) is 24.3 Å². The van der Waals surface area contributed by atoms with Crippen molar-refractivity contribution in [3.05, 3.63) is 87.8 Å². The number of carbonyl (C=O) groups is 1. The van der Waals surface area contributed by atoms with E-state index in [0.717, 1.165) is 0 Å². The van der Waals surface area contributed by atoms with Crippen LogP contribution in [0.3, 0.4) is 0 Å². The molecule has 1 saturated carbocycles. The van der Waals surface area contributed by atoms with Gasteiger partial charge >= 0.3 is 0 Å². The van der Waals surface area contributed by atoms with E-state index in [2.05, 4.69) is 20.8 Å². The van der Waals surface area contributed by atoms with Gasteiger partial charge in [0.25, 0.3) is 11.5 Å². The molecule has 0 atom stereocenters. The van der Waals surface area contributed by atoms with Crippen molar-refractivity contribution in [3.63, 3.8) is 0 Å². The van der Waals surface area contributed by atoms with Crippen molar-refractivity contribution in [2.45, 2.75) is 25.4 Å². The Morgan fingerprint density at radius 2 is 1.83 bits per heavy atom. The van der Waals surface area contributed by atoms with E-state index >= 15 is 0 Å². The van der Waals surface area contributed by atoms with Crippen LogP contribution in [0, 0.1) is 0 Å². The van der Waals surface area contributed by atoms with E-state index in [1.807, 2.05) is 24.3 Å². The van der Waals surface area contributed by atoms with Gasteiger partial charge in [-0.15, -0.1) is 0 Å². The van der Waals surface area contributed by atoms with Crippen LogP contribution in [0.15, 0.2) is 65.6 Å². The molecular weight excluding hydrogens is 444 g/mol. The molecule has 0 bridgehead atoms. The van der Waals surface area contributed by atoms with Crippen LogP contribution >= 0.6 is 0 Å². The lowest BCUT2D eigenvalue weighted by Gasteiger charge is -2.15. The summed E-state index contributed by atoms with van der Waals surface area (Å²) < 4.78 is 2.86. The van der Waals surface area contributed by atoms with Crippen LogP contribution in [-0.4, -0.2) is 30.6 Å². The highest BCUT2D eigenvalue weighted by Gasteiger charge is 2.23. The van der Waals surface area contributed by atoms with Gasteiger partial charge in [0.1, 0.15) is 5.69 Å². The number of aliphatic hydroxyl groups is 1. The number of aliphatic hydroxyl groups excluding tert-OH is 1. The second-order valence-corrected chi connectivity index (χ2v) is 8.71. The van der Waals surface area contributed by atoms with Gasteiger partial charge in [0.15, 0.2) is 5.82 Å². The molecule has 0 unspecified atom stereocenters. The number of nitrogens with one attached hydrogen (secondary N) is 2. The molecule has 1 amide bonds. The predicted octanol–water partition coefficient (Wildman–Crippen LogP) is 3.55. The molecular formula is C26H26N6O3. The maximum absolute atomic E-state index is 12.9. The maximum Gasteiger partial charge on any atom is 0.290 e. The van der Waals surface area contributed by atoms with E-state index in [9.17, 15) is 14.7 Å². The summed E-state index contributed by atoms with van der Waals surface area (Å²) >= 11 is 0. The first-order valence-electron chi connectivity index (χ1n) is 11.4. The largest absolute Gasteiger partial charge is 0.392 e. The molecule has 2 aromatic carbocycles. The van der Waals surface area contributed by atoms with Crippen molar-refractivity contribution in [1.82, 2.24) is 19.6 Å². The fourth-order valence-electron chi connectivity index (χ4n) is 4.08. The van der Waals surface area contributed by atoms with E-state index in [-0.39, 0.29) is 18.1 Å². The summed E-state index contributed by atoms with van der Waals surface area (Å²) in [5.41, 5.74) is 3.85. The zero-order valence-electron chi connectivity index (χ0n) is 19.5. The van der Waals surface area contributed by atoms with Gasteiger partial charge in [-0.2, -0.15) is 10.2 Å². The maximum atomic E-state index is 12.9. The summed E-state index contributed by atoms with van der Waals surface area (Å²) in [6.07, 6.45) is 4.18. The number of amides is 1. The number of benzene rings is 2. The van der Waals surface area contributed by atoms with Gasteiger partial charge in [0, 0.05) is 48.7 Å². The Labute approximate surface area is 202 Å². The molecule has 9 heteroatoms. The third-order valence-electron chi connectivity index (χ3n) is 6.12. The Morgan fingerprint density at radius 1 is 1.06 bits per heavy atom. The minimum atomic E-state index is -0.320. The van der Waals surface area contributed by atoms with Gasteiger partial charge in [-0.3, -0.25) is 14.3 Å². The van der Waals surface area contributed by atoms with E-state index in [0.29, 0.717) is 45.5 Å². The zero-order valence-corrected chi connectivity index (χ0v) is 19.5. The first-order chi connectivity index (χ1) is 16.9. The minimum Gasteiger partial charge on any atom is -0.392 e. The molecule has 0 saturated heterocycles. The Morgan fingerprint density at radius 3 is 2.49 bits per heavy atom. The Hall–Kier alpha value is -4.24. The van der Waals surface area contributed by atoms with Crippen LogP contribution in [0.4, 0.5) is 17.2 Å². The first kappa shape index (κ1) is 22.5. The van der Waals surface area contributed by atoms with Crippen molar-refractivity contribution in [3.8, 4) is 11.3 Å². The Bertz CT molecular complexity index is 1450. The highest BCUT2D eigenvalue weighted by molar-refractivity contribution is 6.05. The summed E-state index contributed by atoms with van der Waals surface area (Å²) in [4.78, 5) is 25.6. The van der Waals surface area contributed by atoms with E-state index in [1.165, 1.54) is 23.1 Å². The smallest absolute Gasteiger partial charge is 0.290 e. The molecule has 35 heavy (non-hydrogen) atoms. The highest BCUT2D eigenvalue weighted by atomic mass is 16.3. The average Bonchev–Trinajstić information content (AvgIpc) is 3.63. The number of anilines is 3. The van der Waals surface area contributed by atoms with Crippen LogP contribution in [-0.2, 0) is 20.7 Å². The van der Waals surface area contributed by atoms with Gasteiger partial charge in [0.2, 0.25) is 0 Å². The van der Waals surface area contributed by atoms with Crippen LogP contribution < -0.4 is 16.2 Å². The highest BCUT2D eigenvalue weighted by Crippen LogP contribution is 2.40. The van der Waals surface area contributed by atoms with Gasteiger partial charge < -0.3 is 15.7 Å². The second kappa shape index (κ2) is 9.19. The lowest BCUT2D eigenvalue weighted by Crippen LogP contribution is -2.23. The topological polar surface area (TPSA) is 114 Å². The van der Waals surface area contributed by atoms with E-state index in [4.69, 9.17) is 0 Å². The fraction of sp³-hybridized carbons (Fsp3) is 0.231. The van der Waals surface area contributed by atoms with Crippen molar-refractivity contribution >= 4 is 23.1 Å². The standard InChI is InChI=1S/C26H26N6O3/c1-31-13-12-24(30-31)27-23-14-22(29-32(2)26(23)35)19-4-3-5-21(20(19)15-33)28-25(34)18-10-8-17(9-11-18)16-6-7-16/h3-5,8-14,16,33H,6-7,15H2,1-2H3,(H,27,30)(H,28,34). The molecule has 4 aromatic rings. The van der Waals surface area contributed by atoms with Gasteiger partial charge in [-0.05, 0) is 48.6 Å². The fourth-order valence-corrected chi connectivity index (χ4v) is 4.08. The predicted molar refractivity (Wildman–Crippen MR) is 134 cm³/mol. The van der Waals surface area contributed by atoms with Crippen molar-refractivity contribution < 1.29 is 9.90 Å². The molecule has 1 fully saturated rings. The van der Waals surface area contributed by atoms with Crippen molar-refractivity contribution in [2.24, 2.45) is 14.1 Å². The number of rotatable bonds is 7. The molecule has 0 spiro atoms. The third kappa shape index (κ3) is 4.71.